The van der Waals surface area contributed by atoms with E-state index in [1.54, 1.807) is 6.07 Å². The Bertz CT molecular complexity index is 935. The van der Waals surface area contributed by atoms with Crippen LogP contribution >= 0.6 is 0 Å². The van der Waals surface area contributed by atoms with Crippen LogP contribution in [0.2, 0.25) is 0 Å². The number of carboxylic acid groups (broad SMARTS) is 1. The van der Waals surface area contributed by atoms with E-state index in [0.29, 0.717) is 30.6 Å². The Morgan fingerprint density at radius 2 is 1.86 bits per heavy atom. The number of aliphatic hydroxyl groups is 1. The fraction of sp³-hybridized carbons (Fsp3) is 0.700. The molecule has 3 aliphatic rings. The summed E-state index contributed by atoms with van der Waals surface area (Å²) in [7, 11) is 0. The molecule has 0 unspecified atom stereocenters. The number of ether oxygens (including phenoxy) is 1. The van der Waals surface area contributed by atoms with Crippen molar-refractivity contribution < 1.29 is 24.9 Å². The highest BCUT2D eigenvalue weighted by molar-refractivity contribution is 5.66. The molecule has 3 N–H and O–H groups in total. The van der Waals surface area contributed by atoms with E-state index in [2.05, 4.69) is 18.9 Å². The summed E-state index contributed by atoms with van der Waals surface area (Å²) in [5.41, 5.74) is 1.14. The number of aryl methyl sites for hydroxylation is 1. The number of carboxylic acids is 1. The quantitative estimate of drug-likeness (QED) is 0.274. The third kappa shape index (κ3) is 5.25. The number of phenols is 1. The topological polar surface area (TPSA) is 87.0 Å². The second-order valence-corrected chi connectivity index (χ2v) is 11.4. The number of hydrogen-bond acceptors (Lipinski definition) is 4. The average Bonchev–Trinajstić information content (AvgIpc) is 3.10. The Morgan fingerprint density at radius 1 is 1.14 bits per heavy atom. The van der Waals surface area contributed by atoms with Crippen LogP contribution in [0.5, 0.6) is 5.75 Å². The number of phenolic OH excluding ortho intramolecular Hbond substituents is 1. The summed E-state index contributed by atoms with van der Waals surface area (Å²) < 4.78 is 6.61. The first-order chi connectivity index (χ1) is 16.8. The zero-order valence-corrected chi connectivity index (χ0v) is 21.2. The second kappa shape index (κ2) is 10.9. The summed E-state index contributed by atoms with van der Waals surface area (Å²) >= 11 is 0. The Kier molecular flexibility index (Phi) is 8.13. The fourth-order valence-electron chi connectivity index (χ4n) is 7.52. The van der Waals surface area contributed by atoms with Gasteiger partial charge in [-0.2, -0.15) is 0 Å². The summed E-state index contributed by atoms with van der Waals surface area (Å²) in [4.78, 5) is 10.6. The van der Waals surface area contributed by atoms with E-state index in [1.165, 1.54) is 11.1 Å². The van der Waals surface area contributed by atoms with Crippen LogP contribution in [0.4, 0.5) is 0 Å². The number of aliphatic carboxylic acids is 1. The zero-order chi connectivity index (χ0) is 25.1. The van der Waals surface area contributed by atoms with E-state index < -0.39 is 11.6 Å². The van der Waals surface area contributed by atoms with E-state index in [9.17, 15) is 15.0 Å². The van der Waals surface area contributed by atoms with Crippen LogP contribution in [0, 0.1) is 29.6 Å². The lowest BCUT2D eigenvalue weighted by Crippen LogP contribution is -2.55. The number of rotatable bonds is 11. The van der Waals surface area contributed by atoms with Crippen LogP contribution in [0.25, 0.3) is 0 Å². The van der Waals surface area contributed by atoms with Crippen molar-refractivity contribution in [3.05, 3.63) is 29.3 Å². The van der Waals surface area contributed by atoms with Gasteiger partial charge in [-0.15, -0.1) is 6.42 Å². The van der Waals surface area contributed by atoms with Crippen molar-refractivity contribution in [2.75, 3.05) is 6.61 Å². The van der Waals surface area contributed by atoms with Gasteiger partial charge in [0.2, 0.25) is 0 Å². The van der Waals surface area contributed by atoms with Crippen LogP contribution in [-0.4, -0.2) is 39.6 Å². The van der Waals surface area contributed by atoms with Gasteiger partial charge >= 0.3 is 5.97 Å². The number of carbonyl (C=O) groups is 1. The first-order valence-corrected chi connectivity index (χ1v) is 13.6. The highest BCUT2D eigenvalue weighted by Crippen LogP contribution is 2.64. The Labute approximate surface area is 210 Å². The lowest BCUT2D eigenvalue weighted by Gasteiger charge is -2.55. The van der Waals surface area contributed by atoms with E-state index in [4.69, 9.17) is 16.3 Å². The lowest BCUT2D eigenvalue weighted by molar-refractivity contribution is -0.137. The predicted octanol–water partition coefficient (Wildman–Crippen LogP) is 5.81. The molecule has 3 aliphatic carbocycles. The number of terminal acetylenes is 1. The van der Waals surface area contributed by atoms with Gasteiger partial charge in [0.25, 0.3) is 0 Å². The molecule has 2 fully saturated rings. The molecule has 0 aliphatic heterocycles. The second-order valence-electron chi connectivity index (χ2n) is 11.4. The molecule has 0 spiro atoms. The van der Waals surface area contributed by atoms with Crippen molar-refractivity contribution in [2.45, 2.75) is 108 Å². The van der Waals surface area contributed by atoms with Crippen molar-refractivity contribution in [1.29, 1.82) is 0 Å². The van der Waals surface area contributed by atoms with Gasteiger partial charge in [0.1, 0.15) is 11.4 Å². The number of fused-ring (bicyclic) bond motifs is 5. The molecule has 0 aromatic heterocycles. The van der Waals surface area contributed by atoms with Crippen LogP contribution < -0.4 is 0 Å². The molecule has 5 heteroatoms. The third-order valence-electron chi connectivity index (χ3n) is 9.42. The van der Waals surface area contributed by atoms with E-state index in [0.717, 1.165) is 70.6 Å². The van der Waals surface area contributed by atoms with Gasteiger partial charge in [0.15, 0.2) is 0 Å². The summed E-state index contributed by atoms with van der Waals surface area (Å²) in [5, 5.41) is 30.2. The number of unbranched alkanes of at least 4 members (excludes halogenated alkanes) is 6. The maximum absolute atomic E-state index is 11.4. The highest BCUT2D eigenvalue weighted by Gasteiger charge is 2.63. The molecule has 35 heavy (non-hydrogen) atoms. The molecule has 0 bridgehead atoms. The lowest BCUT2D eigenvalue weighted by atomic mass is 9.52. The van der Waals surface area contributed by atoms with E-state index in [1.807, 2.05) is 6.07 Å². The van der Waals surface area contributed by atoms with Gasteiger partial charge in [0, 0.05) is 24.4 Å². The first kappa shape index (κ1) is 26.0. The van der Waals surface area contributed by atoms with Gasteiger partial charge < -0.3 is 20.1 Å². The van der Waals surface area contributed by atoms with Crippen molar-refractivity contribution in [1.82, 2.24) is 0 Å². The number of benzene rings is 1. The summed E-state index contributed by atoms with van der Waals surface area (Å²) in [6.45, 7) is 2.89. The van der Waals surface area contributed by atoms with Gasteiger partial charge in [0.05, 0.1) is 6.10 Å². The maximum Gasteiger partial charge on any atom is 0.303 e. The molecule has 192 valence electrons. The van der Waals surface area contributed by atoms with Crippen molar-refractivity contribution in [3.63, 3.8) is 0 Å². The molecular formula is C30H42O5. The number of aromatic hydroxyl groups is 1. The minimum Gasteiger partial charge on any atom is -0.508 e. The minimum absolute atomic E-state index is 0.0128. The molecule has 0 saturated heterocycles. The van der Waals surface area contributed by atoms with Crippen LogP contribution in [0.15, 0.2) is 18.2 Å². The third-order valence-corrected chi connectivity index (χ3v) is 9.42. The van der Waals surface area contributed by atoms with Crippen molar-refractivity contribution in [3.8, 4) is 18.1 Å². The normalized spacial score (nSPS) is 33.4. The van der Waals surface area contributed by atoms with E-state index in [-0.39, 0.29) is 23.9 Å². The summed E-state index contributed by atoms with van der Waals surface area (Å²) in [6.07, 6.45) is 17.8. The zero-order valence-electron chi connectivity index (χ0n) is 21.2. The summed E-state index contributed by atoms with van der Waals surface area (Å²) in [5.74, 6) is 3.49. The van der Waals surface area contributed by atoms with Crippen LogP contribution in [0.3, 0.4) is 0 Å². The molecule has 6 atom stereocenters. The SMILES string of the molecule is C#C[C@]1(O)CC[C@H]2[C@@H]3CCc4cc(O)ccc4[C@H]3[C@@H](OCCCCCCCCCC(=O)O)C[C@@]21C. The monoisotopic (exact) mass is 482 g/mol. The highest BCUT2D eigenvalue weighted by atomic mass is 16.5. The first-order valence-electron chi connectivity index (χ1n) is 13.6. The average molecular weight is 483 g/mol. The largest absolute Gasteiger partial charge is 0.508 e. The molecular weight excluding hydrogens is 440 g/mol. The van der Waals surface area contributed by atoms with Gasteiger partial charge in [-0.05, 0) is 80.0 Å². The van der Waals surface area contributed by atoms with Crippen LogP contribution in [-0.2, 0) is 16.0 Å². The molecule has 2 saturated carbocycles. The fourth-order valence-corrected chi connectivity index (χ4v) is 7.52. The Morgan fingerprint density at radius 3 is 2.57 bits per heavy atom. The Hall–Kier alpha value is -2.03. The van der Waals surface area contributed by atoms with Gasteiger partial charge in [-0.3, -0.25) is 4.79 Å². The summed E-state index contributed by atoms with van der Waals surface area (Å²) in [6, 6.07) is 5.81. The molecule has 4 rings (SSSR count). The molecule has 0 radical (unpaired) electrons. The standard InChI is InChI=1S/C30H42O5/c1-3-30(34)17-16-25-24-14-12-21-19-22(31)13-15-23(21)28(24)26(20-29(25,30)2)35-18-10-8-6-4-5-7-9-11-27(32)33/h1,13,15,19,24-26,28,31,34H,4-12,14,16-18,20H2,2H3,(H,32,33)/t24-,25-,26-,28+,29-,30-/m0/s1. The van der Waals surface area contributed by atoms with Crippen molar-refractivity contribution >= 4 is 5.97 Å². The number of hydrogen-bond donors (Lipinski definition) is 3. The van der Waals surface area contributed by atoms with Crippen molar-refractivity contribution in [2.24, 2.45) is 17.3 Å². The van der Waals surface area contributed by atoms with E-state index >= 15 is 0 Å². The maximum atomic E-state index is 11.4. The molecule has 0 amide bonds. The van der Waals surface area contributed by atoms with Gasteiger partial charge in [-0.1, -0.05) is 51.0 Å². The predicted molar refractivity (Wildman–Crippen MR) is 136 cm³/mol. The molecule has 0 heterocycles. The van der Waals surface area contributed by atoms with Crippen LogP contribution in [0.1, 0.15) is 101 Å². The minimum atomic E-state index is -1.07. The Balaban J connectivity index is 1.38. The molecule has 1 aromatic carbocycles. The molecule has 1 aromatic rings. The molecule has 5 nitrogen and oxygen atoms in total. The van der Waals surface area contributed by atoms with Gasteiger partial charge in [-0.25, -0.2) is 0 Å². The smallest absolute Gasteiger partial charge is 0.303 e.